The Morgan fingerprint density at radius 2 is 1.83 bits per heavy atom. The van der Waals surface area contributed by atoms with E-state index in [4.69, 9.17) is 23.2 Å². The molecule has 4 heteroatoms. The zero-order chi connectivity index (χ0) is 13.3. The van der Waals surface area contributed by atoms with Gasteiger partial charge in [-0.3, -0.25) is 4.79 Å². The highest BCUT2D eigenvalue weighted by molar-refractivity contribution is 14.1. The lowest BCUT2D eigenvalue weighted by molar-refractivity contribution is 0.103. The summed E-state index contributed by atoms with van der Waals surface area (Å²) >= 11 is 14.1. The van der Waals surface area contributed by atoms with E-state index in [1.165, 1.54) is 0 Å². The van der Waals surface area contributed by atoms with E-state index in [1.807, 2.05) is 25.1 Å². The smallest absolute Gasteiger partial charge is 0.195 e. The molecule has 0 spiro atoms. The normalized spacial score (nSPS) is 10.4. The molecule has 0 aliphatic rings. The van der Waals surface area contributed by atoms with Crippen molar-refractivity contribution in [3.8, 4) is 0 Å². The Bertz CT molecular complexity index is 623. The molecule has 0 aliphatic heterocycles. The van der Waals surface area contributed by atoms with Crippen molar-refractivity contribution >= 4 is 51.6 Å². The number of ketones is 1. The Morgan fingerprint density at radius 1 is 1.11 bits per heavy atom. The molecule has 18 heavy (non-hydrogen) atoms. The second-order valence-corrected chi connectivity index (χ2v) is 5.81. The second-order valence-electron chi connectivity index (χ2n) is 3.89. The first-order valence-corrected chi connectivity index (χ1v) is 7.09. The molecule has 0 N–H and O–H groups in total. The van der Waals surface area contributed by atoms with Gasteiger partial charge in [-0.15, -0.1) is 0 Å². The Morgan fingerprint density at radius 3 is 2.50 bits per heavy atom. The fraction of sp³-hybridized carbons (Fsp3) is 0.0714. The molecule has 0 saturated carbocycles. The Balaban J connectivity index is 2.51. The maximum Gasteiger partial charge on any atom is 0.195 e. The van der Waals surface area contributed by atoms with Gasteiger partial charge >= 0.3 is 0 Å². The van der Waals surface area contributed by atoms with Crippen molar-refractivity contribution in [1.29, 1.82) is 0 Å². The van der Waals surface area contributed by atoms with Gasteiger partial charge in [0.25, 0.3) is 0 Å². The summed E-state index contributed by atoms with van der Waals surface area (Å²) in [7, 11) is 0. The van der Waals surface area contributed by atoms with Gasteiger partial charge in [0.05, 0.1) is 5.02 Å². The van der Waals surface area contributed by atoms with Crippen LogP contribution in [0.1, 0.15) is 21.5 Å². The zero-order valence-corrected chi connectivity index (χ0v) is 13.2. The Hall–Kier alpha value is -0.580. The average Bonchev–Trinajstić information content (AvgIpc) is 2.32. The van der Waals surface area contributed by atoms with Crippen LogP contribution in [0.4, 0.5) is 0 Å². The van der Waals surface area contributed by atoms with Crippen LogP contribution in [-0.2, 0) is 0 Å². The summed E-state index contributed by atoms with van der Waals surface area (Å²) in [6.45, 7) is 1.97. The molecule has 2 rings (SSSR count). The van der Waals surface area contributed by atoms with Crippen molar-refractivity contribution in [2.45, 2.75) is 6.92 Å². The molecule has 0 saturated heterocycles. The topological polar surface area (TPSA) is 17.1 Å². The second kappa shape index (κ2) is 5.59. The van der Waals surface area contributed by atoms with E-state index in [2.05, 4.69) is 22.6 Å². The van der Waals surface area contributed by atoms with Gasteiger partial charge in [-0.05, 0) is 59.3 Å². The molecule has 0 aliphatic carbocycles. The van der Waals surface area contributed by atoms with Crippen LogP contribution in [0, 0.1) is 10.5 Å². The summed E-state index contributed by atoms with van der Waals surface area (Å²) in [5.41, 5.74) is 2.22. The van der Waals surface area contributed by atoms with Crippen LogP contribution in [0.3, 0.4) is 0 Å². The molecule has 0 bridgehead atoms. The minimum Gasteiger partial charge on any atom is -0.289 e. The molecule has 0 heterocycles. The first-order valence-electron chi connectivity index (χ1n) is 5.25. The third-order valence-electron chi connectivity index (χ3n) is 2.61. The molecule has 0 atom stereocenters. The number of carbonyl (C=O) groups is 1. The maximum atomic E-state index is 12.4. The largest absolute Gasteiger partial charge is 0.289 e. The van der Waals surface area contributed by atoms with Crippen LogP contribution in [0.5, 0.6) is 0 Å². The lowest BCUT2D eigenvalue weighted by Gasteiger charge is -2.08. The van der Waals surface area contributed by atoms with Gasteiger partial charge < -0.3 is 0 Å². The number of benzene rings is 2. The first-order chi connectivity index (χ1) is 8.50. The van der Waals surface area contributed by atoms with Gasteiger partial charge in [-0.1, -0.05) is 35.3 Å². The van der Waals surface area contributed by atoms with Crippen LogP contribution in [0.2, 0.25) is 10.0 Å². The highest BCUT2D eigenvalue weighted by Gasteiger charge is 2.16. The van der Waals surface area contributed by atoms with Crippen molar-refractivity contribution in [3.63, 3.8) is 0 Å². The Kier molecular flexibility index (Phi) is 4.30. The molecule has 2 aromatic carbocycles. The van der Waals surface area contributed by atoms with Gasteiger partial charge in [0.1, 0.15) is 0 Å². The number of hydrogen-bond acceptors (Lipinski definition) is 1. The molecule has 0 amide bonds. The van der Waals surface area contributed by atoms with E-state index in [0.29, 0.717) is 21.2 Å². The minimum atomic E-state index is -0.0789. The van der Waals surface area contributed by atoms with Crippen LogP contribution >= 0.6 is 45.8 Å². The number of halogens is 3. The summed E-state index contributed by atoms with van der Waals surface area (Å²) in [5, 5.41) is 0.903. The molecular weight excluding hydrogens is 382 g/mol. The first kappa shape index (κ1) is 13.8. The predicted octanol–water partition coefficient (Wildman–Crippen LogP) is 5.14. The molecule has 0 aromatic heterocycles. The number of aryl methyl sites for hydroxylation is 1. The lowest BCUT2D eigenvalue weighted by atomic mass is 10.0. The highest BCUT2D eigenvalue weighted by Crippen LogP contribution is 2.26. The van der Waals surface area contributed by atoms with Gasteiger partial charge in [-0.25, -0.2) is 0 Å². The molecular formula is C14H9Cl2IO. The SMILES string of the molecule is Cc1cccc(C(=O)c2ccc(Cl)cc2Cl)c1I. The third-order valence-corrected chi connectivity index (χ3v) is 4.59. The third kappa shape index (κ3) is 2.71. The van der Waals surface area contributed by atoms with E-state index >= 15 is 0 Å². The van der Waals surface area contributed by atoms with Gasteiger partial charge in [0.2, 0.25) is 0 Å². The molecule has 0 radical (unpaired) electrons. The molecule has 2 aromatic rings. The number of hydrogen-bond donors (Lipinski definition) is 0. The number of carbonyl (C=O) groups excluding carboxylic acids is 1. The van der Waals surface area contributed by atoms with Gasteiger partial charge in [0, 0.05) is 19.7 Å². The van der Waals surface area contributed by atoms with E-state index in [0.717, 1.165) is 9.13 Å². The fourth-order valence-corrected chi connectivity index (χ4v) is 2.74. The monoisotopic (exact) mass is 390 g/mol. The minimum absolute atomic E-state index is 0.0789. The zero-order valence-electron chi connectivity index (χ0n) is 9.51. The standard InChI is InChI=1S/C14H9Cl2IO/c1-8-3-2-4-11(13(8)17)14(18)10-6-5-9(15)7-12(10)16/h2-7H,1H3. The quantitative estimate of drug-likeness (QED) is 0.512. The van der Waals surface area contributed by atoms with Crippen molar-refractivity contribution in [2.75, 3.05) is 0 Å². The number of rotatable bonds is 2. The van der Waals surface area contributed by atoms with Crippen molar-refractivity contribution in [3.05, 3.63) is 66.7 Å². The predicted molar refractivity (Wildman–Crippen MR) is 83.8 cm³/mol. The lowest BCUT2D eigenvalue weighted by Crippen LogP contribution is -2.05. The van der Waals surface area contributed by atoms with Crippen LogP contribution in [0.25, 0.3) is 0 Å². The summed E-state index contributed by atoms with van der Waals surface area (Å²) < 4.78 is 0.950. The van der Waals surface area contributed by atoms with Crippen molar-refractivity contribution in [2.24, 2.45) is 0 Å². The summed E-state index contributed by atoms with van der Waals surface area (Å²) in [4.78, 5) is 12.4. The van der Waals surface area contributed by atoms with Crippen LogP contribution in [0.15, 0.2) is 36.4 Å². The van der Waals surface area contributed by atoms with Crippen LogP contribution < -0.4 is 0 Å². The Labute approximate surface area is 129 Å². The molecule has 0 unspecified atom stereocenters. The maximum absolute atomic E-state index is 12.4. The summed E-state index contributed by atoms with van der Waals surface area (Å²) in [6, 6.07) is 10.6. The summed E-state index contributed by atoms with van der Waals surface area (Å²) in [6.07, 6.45) is 0. The van der Waals surface area contributed by atoms with E-state index in [9.17, 15) is 4.79 Å². The van der Waals surface area contributed by atoms with Crippen molar-refractivity contribution in [1.82, 2.24) is 0 Å². The fourth-order valence-electron chi connectivity index (χ4n) is 1.64. The summed E-state index contributed by atoms with van der Waals surface area (Å²) in [5.74, 6) is -0.0789. The van der Waals surface area contributed by atoms with Crippen molar-refractivity contribution < 1.29 is 4.79 Å². The molecule has 0 fully saturated rings. The average molecular weight is 391 g/mol. The van der Waals surface area contributed by atoms with E-state index < -0.39 is 0 Å². The molecule has 1 nitrogen and oxygen atoms in total. The molecule has 92 valence electrons. The van der Waals surface area contributed by atoms with Crippen LogP contribution in [-0.4, -0.2) is 5.78 Å². The van der Waals surface area contributed by atoms with Gasteiger partial charge in [-0.2, -0.15) is 0 Å². The highest BCUT2D eigenvalue weighted by atomic mass is 127. The van der Waals surface area contributed by atoms with E-state index in [1.54, 1.807) is 18.2 Å². The van der Waals surface area contributed by atoms with Gasteiger partial charge in [0.15, 0.2) is 5.78 Å². The van der Waals surface area contributed by atoms with E-state index in [-0.39, 0.29) is 5.78 Å².